The second kappa shape index (κ2) is 6.28. The highest BCUT2D eigenvalue weighted by Crippen LogP contribution is 2.32. The van der Waals surface area contributed by atoms with Gasteiger partial charge in [0.1, 0.15) is 0 Å². The number of fused-ring (bicyclic) bond motifs is 2. The molecule has 1 amide bonds. The van der Waals surface area contributed by atoms with Crippen LogP contribution in [0.1, 0.15) is 62.0 Å². The van der Waals surface area contributed by atoms with E-state index in [2.05, 4.69) is 5.32 Å². The number of benzene rings is 2. The summed E-state index contributed by atoms with van der Waals surface area (Å²) < 4.78 is 0. The smallest absolute Gasteiger partial charge is 0.253 e. The molecule has 5 nitrogen and oxygen atoms in total. The number of amides is 1. The third kappa shape index (κ3) is 2.48. The molecule has 1 aliphatic carbocycles. The van der Waals surface area contributed by atoms with Gasteiger partial charge in [-0.3, -0.25) is 14.4 Å². The van der Waals surface area contributed by atoms with Crippen molar-refractivity contribution < 1.29 is 14.4 Å². The summed E-state index contributed by atoms with van der Waals surface area (Å²) in [7, 11) is 0. The first-order valence-electron chi connectivity index (χ1n) is 7.95. The van der Waals surface area contributed by atoms with Crippen LogP contribution in [0.3, 0.4) is 0 Å². The Hall–Kier alpha value is -2.95. The largest absolute Gasteiger partial charge is 0.397 e. The number of nitrogens with one attached hydrogen (secondary N) is 1. The normalized spacial score (nSPS) is 12.5. The molecular weight excluding hydrogens is 304 g/mol. The topological polar surface area (TPSA) is 89.3 Å². The van der Waals surface area contributed by atoms with E-state index in [4.69, 9.17) is 5.73 Å². The SMILES string of the molecule is CCCCNC(=O)c1ccc2c(c1N)C(=O)c1ccccc1C2=O. The van der Waals surface area contributed by atoms with Crippen LogP contribution in [0.2, 0.25) is 0 Å². The third-order valence-electron chi connectivity index (χ3n) is 4.19. The van der Waals surface area contributed by atoms with Crippen molar-refractivity contribution >= 4 is 23.2 Å². The Labute approximate surface area is 139 Å². The molecule has 0 atom stereocenters. The van der Waals surface area contributed by atoms with E-state index in [1.807, 2.05) is 6.92 Å². The zero-order valence-corrected chi connectivity index (χ0v) is 13.4. The van der Waals surface area contributed by atoms with E-state index in [9.17, 15) is 14.4 Å². The maximum Gasteiger partial charge on any atom is 0.253 e. The standard InChI is InChI=1S/C19H18N2O3/c1-2-3-10-21-19(24)14-9-8-13-15(16(14)20)18(23)12-7-5-4-6-11(12)17(13)22/h4-9H,2-3,10,20H2,1H3,(H,21,24). The molecule has 3 rings (SSSR count). The molecule has 3 N–H and O–H groups in total. The van der Waals surface area contributed by atoms with Gasteiger partial charge in [0.25, 0.3) is 5.91 Å². The van der Waals surface area contributed by atoms with Gasteiger partial charge in [0.2, 0.25) is 0 Å². The number of unbranched alkanes of at least 4 members (excludes halogenated alkanes) is 1. The first kappa shape index (κ1) is 15.9. The average molecular weight is 322 g/mol. The van der Waals surface area contributed by atoms with E-state index in [0.29, 0.717) is 17.7 Å². The highest BCUT2D eigenvalue weighted by atomic mass is 16.2. The van der Waals surface area contributed by atoms with Gasteiger partial charge in [0, 0.05) is 23.2 Å². The Morgan fingerprint density at radius 3 is 2.33 bits per heavy atom. The van der Waals surface area contributed by atoms with E-state index in [-0.39, 0.29) is 39.9 Å². The second-order valence-electron chi connectivity index (χ2n) is 5.76. The highest BCUT2D eigenvalue weighted by Gasteiger charge is 2.32. The van der Waals surface area contributed by atoms with E-state index in [1.54, 1.807) is 24.3 Å². The molecule has 0 bridgehead atoms. The van der Waals surface area contributed by atoms with E-state index < -0.39 is 0 Å². The predicted molar refractivity (Wildman–Crippen MR) is 91.4 cm³/mol. The summed E-state index contributed by atoms with van der Waals surface area (Å²) in [6.07, 6.45) is 1.82. The molecular formula is C19H18N2O3. The van der Waals surface area contributed by atoms with Gasteiger partial charge in [-0.2, -0.15) is 0 Å². The second-order valence-corrected chi connectivity index (χ2v) is 5.76. The molecule has 24 heavy (non-hydrogen) atoms. The Bertz CT molecular complexity index is 856. The number of rotatable bonds is 4. The molecule has 0 radical (unpaired) electrons. The Balaban J connectivity index is 2.04. The fourth-order valence-electron chi connectivity index (χ4n) is 2.88. The molecule has 0 aromatic heterocycles. The van der Waals surface area contributed by atoms with Gasteiger partial charge in [0.05, 0.1) is 16.8 Å². The van der Waals surface area contributed by atoms with Gasteiger partial charge in [-0.05, 0) is 18.6 Å². The molecule has 0 saturated carbocycles. The lowest BCUT2D eigenvalue weighted by molar-refractivity contribution is 0.0951. The Kier molecular flexibility index (Phi) is 4.16. The van der Waals surface area contributed by atoms with Crippen molar-refractivity contribution in [3.63, 3.8) is 0 Å². The predicted octanol–water partition coefficient (Wildman–Crippen LogP) is 2.57. The van der Waals surface area contributed by atoms with E-state index >= 15 is 0 Å². The number of nitrogen functional groups attached to an aromatic ring is 1. The van der Waals surface area contributed by atoms with Crippen molar-refractivity contribution in [2.75, 3.05) is 12.3 Å². The number of hydrogen-bond donors (Lipinski definition) is 2. The summed E-state index contributed by atoms with van der Waals surface area (Å²) in [6, 6.07) is 9.66. The van der Waals surface area contributed by atoms with Gasteiger partial charge >= 0.3 is 0 Å². The van der Waals surface area contributed by atoms with Gasteiger partial charge in [-0.25, -0.2) is 0 Å². The molecule has 0 heterocycles. The van der Waals surface area contributed by atoms with Gasteiger partial charge in [-0.15, -0.1) is 0 Å². The molecule has 0 saturated heterocycles. The zero-order chi connectivity index (χ0) is 17.3. The molecule has 2 aromatic carbocycles. The van der Waals surface area contributed by atoms with Crippen molar-refractivity contribution in [3.05, 3.63) is 64.2 Å². The summed E-state index contributed by atoms with van der Waals surface area (Å²) in [5.41, 5.74) is 7.45. The number of anilines is 1. The lowest BCUT2D eigenvalue weighted by atomic mass is 9.82. The maximum atomic E-state index is 12.7. The Morgan fingerprint density at radius 1 is 1.00 bits per heavy atom. The number of nitrogens with two attached hydrogens (primary N) is 1. The minimum absolute atomic E-state index is 0.0642. The van der Waals surface area contributed by atoms with Crippen LogP contribution in [0.15, 0.2) is 36.4 Å². The molecule has 0 fully saturated rings. The Morgan fingerprint density at radius 2 is 1.67 bits per heavy atom. The lowest BCUT2D eigenvalue weighted by Gasteiger charge is -2.20. The number of hydrogen-bond acceptors (Lipinski definition) is 4. The van der Waals surface area contributed by atoms with Crippen LogP contribution >= 0.6 is 0 Å². The summed E-state index contributed by atoms with van der Waals surface area (Å²) in [5.74, 6) is -0.895. The number of carbonyl (C=O) groups is 3. The van der Waals surface area contributed by atoms with Gasteiger partial charge in [0.15, 0.2) is 11.6 Å². The van der Waals surface area contributed by atoms with Crippen molar-refractivity contribution in [1.29, 1.82) is 0 Å². The van der Waals surface area contributed by atoms with Crippen LogP contribution in [0, 0.1) is 0 Å². The molecule has 122 valence electrons. The third-order valence-corrected chi connectivity index (χ3v) is 4.19. The van der Waals surface area contributed by atoms with Crippen LogP contribution < -0.4 is 11.1 Å². The summed E-state index contributed by atoms with van der Waals surface area (Å²) >= 11 is 0. The van der Waals surface area contributed by atoms with Crippen LogP contribution in [0.4, 0.5) is 5.69 Å². The van der Waals surface area contributed by atoms with Gasteiger partial charge < -0.3 is 11.1 Å². The fourth-order valence-corrected chi connectivity index (χ4v) is 2.88. The van der Waals surface area contributed by atoms with Crippen LogP contribution in [0.25, 0.3) is 0 Å². The molecule has 0 spiro atoms. The quantitative estimate of drug-likeness (QED) is 0.571. The van der Waals surface area contributed by atoms with Crippen molar-refractivity contribution in [2.45, 2.75) is 19.8 Å². The van der Waals surface area contributed by atoms with Crippen molar-refractivity contribution in [2.24, 2.45) is 0 Å². The summed E-state index contributed by atoms with van der Waals surface area (Å²) in [6.45, 7) is 2.57. The van der Waals surface area contributed by atoms with Gasteiger partial charge in [-0.1, -0.05) is 37.6 Å². The number of ketones is 2. The minimum Gasteiger partial charge on any atom is -0.397 e. The minimum atomic E-state index is -0.331. The molecule has 0 aliphatic heterocycles. The monoisotopic (exact) mass is 322 g/mol. The number of carbonyl (C=O) groups excluding carboxylic acids is 3. The lowest BCUT2D eigenvalue weighted by Crippen LogP contribution is -2.28. The first-order valence-corrected chi connectivity index (χ1v) is 7.95. The molecule has 2 aromatic rings. The molecule has 1 aliphatic rings. The maximum absolute atomic E-state index is 12.7. The highest BCUT2D eigenvalue weighted by molar-refractivity contribution is 6.30. The van der Waals surface area contributed by atoms with Crippen LogP contribution in [-0.4, -0.2) is 24.0 Å². The molecule has 5 heteroatoms. The molecule has 0 unspecified atom stereocenters. The summed E-state index contributed by atoms with van der Waals surface area (Å²) in [5, 5.41) is 2.78. The van der Waals surface area contributed by atoms with Crippen LogP contribution in [0.5, 0.6) is 0 Å². The summed E-state index contributed by atoms with van der Waals surface area (Å²) in [4.78, 5) is 37.6. The van der Waals surface area contributed by atoms with Crippen molar-refractivity contribution in [1.82, 2.24) is 5.32 Å². The van der Waals surface area contributed by atoms with Crippen molar-refractivity contribution in [3.8, 4) is 0 Å². The van der Waals surface area contributed by atoms with Crippen LogP contribution in [-0.2, 0) is 0 Å². The average Bonchev–Trinajstić information content (AvgIpc) is 2.59. The van der Waals surface area contributed by atoms with E-state index in [0.717, 1.165) is 12.8 Å². The van der Waals surface area contributed by atoms with E-state index in [1.165, 1.54) is 12.1 Å². The zero-order valence-electron chi connectivity index (χ0n) is 13.4. The first-order chi connectivity index (χ1) is 11.6. The fraction of sp³-hybridized carbons (Fsp3) is 0.211.